The maximum atomic E-state index is 12.8. The van der Waals surface area contributed by atoms with Crippen molar-refractivity contribution in [3.8, 4) is 5.69 Å². The molecule has 2 aromatic rings. The second-order valence-electron chi connectivity index (χ2n) is 6.27. The van der Waals surface area contributed by atoms with Gasteiger partial charge in [0.05, 0.1) is 23.8 Å². The molecule has 0 bridgehead atoms. The molecule has 9 heteroatoms. The number of rotatable bonds is 5. The van der Waals surface area contributed by atoms with Crippen molar-refractivity contribution >= 4 is 17.6 Å². The van der Waals surface area contributed by atoms with E-state index in [9.17, 15) is 19.7 Å². The van der Waals surface area contributed by atoms with Gasteiger partial charge in [0.2, 0.25) is 0 Å². The lowest BCUT2D eigenvalue weighted by atomic mass is 9.97. The fraction of sp³-hybridized carbons (Fsp3) is 0.389. The molecule has 1 aromatic heterocycles. The van der Waals surface area contributed by atoms with E-state index in [0.717, 1.165) is 0 Å². The number of nitro groups is 1. The number of benzene rings is 1. The lowest BCUT2D eigenvalue weighted by Gasteiger charge is -2.31. The quantitative estimate of drug-likeness (QED) is 0.452. The van der Waals surface area contributed by atoms with Crippen LogP contribution in [0.25, 0.3) is 5.69 Å². The average Bonchev–Trinajstić information content (AvgIpc) is 3.22. The number of likely N-dealkylation sites (tertiary alicyclic amines) is 1. The topological polar surface area (TPSA) is 108 Å². The highest BCUT2D eigenvalue weighted by atomic mass is 16.6. The van der Waals surface area contributed by atoms with Crippen LogP contribution in [0.15, 0.2) is 36.9 Å². The Morgan fingerprint density at radius 3 is 2.89 bits per heavy atom. The van der Waals surface area contributed by atoms with E-state index in [4.69, 9.17) is 4.74 Å². The molecule has 1 amide bonds. The highest BCUT2D eigenvalue weighted by Crippen LogP contribution is 2.26. The molecule has 0 spiro atoms. The molecular formula is C18H20N4O5. The third-order valence-corrected chi connectivity index (χ3v) is 4.53. The van der Waals surface area contributed by atoms with Gasteiger partial charge in [0.15, 0.2) is 0 Å². The molecule has 1 aromatic carbocycles. The summed E-state index contributed by atoms with van der Waals surface area (Å²) in [7, 11) is 0. The predicted molar refractivity (Wildman–Crippen MR) is 95.5 cm³/mol. The molecule has 2 heterocycles. The third kappa shape index (κ3) is 3.97. The molecular weight excluding hydrogens is 352 g/mol. The number of hydrogen-bond donors (Lipinski definition) is 0. The van der Waals surface area contributed by atoms with Crippen LogP contribution in [-0.4, -0.2) is 50.9 Å². The second-order valence-corrected chi connectivity index (χ2v) is 6.27. The minimum Gasteiger partial charge on any atom is -0.466 e. The van der Waals surface area contributed by atoms with Crippen molar-refractivity contribution in [2.45, 2.75) is 19.8 Å². The monoisotopic (exact) mass is 372 g/mol. The van der Waals surface area contributed by atoms with Crippen molar-refractivity contribution in [1.82, 2.24) is 14.5 Å². The van der Waals surface area contributed by atoms with Gasteiger partial charge in [-0.05, 0) is 31.9 Å². The molecule has 1 fully saturated rings. The number of carbonyl (C=O) groups excluding carboxylic acids is 2. The van der Waals surface area contributed by atoms with Crippen molar-refractivity contribution in [2.24, 2.45) is 5.92 Å². The van der Waals surface area contributed by atoms with Gasteiger partial charge >= 0.3 is 5.97 Å². The molecule has 3 rings (SSSR count). The molecule has 0 N–H and O–H groups in total. The van der Waals surface area contributed by atoms with Gasteiger partial charge in [-0.15, -0.1) is 0 Å². The van der Waals surface area contributed by atoms with Crippen LogP contribution in [0.5, 0.6) is 0 Å². The summed E-state index contributed by atoms with van der Waals surface area (Å²) in [6.07, 6.45) is 5.93. The van der Waals surface area contributed by atoms with Gasteiger partial charge in [-0.2, -0.15) is 0 Å². The first-order chi connectivity index (χ1) is 13.0. The molecule has 1 aliphatic heterocycles. The molecule has 0 radical (unpaired) electrons. The predicted octanol–water partition coefficient (Wildman–Crippen LogP) is 2.20. The summed E-state index contributed by atoms with van der Waals surface area (Å²) in [5.74, 6) is -0.997. The third-order valence-electron chi connectivity index (χ3n) is 4.53. The molecule has 1 unspecified atom stereocenters. The highest BCUT2D eigenvalue weighted by Gasteiger charge is 2.30. The van der Waals surface area contributed by atoms with Crippen LogP contribution in [0.2, 0.25) is 0 Å². The van der Waals surface area contributed by atoms with Crippen LogP contribution < -0.4 is 0 Å². The van der Waals surface area contributed by atoms with E-state index in [1.807, 2.05) is 0 Å². The lowest BCUT2D eigenvalue weighted by molar-refractivity contribution is -0.384. The summed E-state index contributed by atoms with van der Waals surface area (Å²) in [5.41, 5.74) is 0.366. The minimum atomic E-state index is -0.524. The molecule has 9 nitrogen and oxygen atoms in total. The van der Waals surface area contributed by atoms with Crippen molar-refractivity contribution in [1.29, 1.82) is 0 Å². The number of ether oxygens (including phenoxy) is 1. The molecule has 27 heavy (non-hydrogen) atoms. The van der Waals surface area contributed by atoms with E-state index >= 15 is 0 Å². The van der Waals surface area contributed by atoms with E-state index in [1.165, 1.54) is 29.2 Å². The standard InChI is InChI=1S/C18H20N4O5/c1-2-27-18(24)14-4-3-8-20(11-14)17(23)13-5-6-15(16(10-13)22(25)26)21-9-7-19-12-21/h5-7,9-10,12,14H,2-4,8,11H2,1H3. The Morgan fingerprint density at radius 2 is 2.22 bits per heavy atom. The number of carbonyl (C=O) groups is 2. The summed E-state index contributed by atoms with van der Waals surface area (Å²) >= 11 is 0. The Morgan fingerprint density at radius 1 is 1.41 bits per heavy atom. The number of imidazole rings is 1. The molecule has 142 valence electrons. The molecule has 0 saturated carbocycles. The SMILES string of the molecule is CCOC(=O)C1CCCN(C(=O)c2ccc(-n3ccnc3)c([N+](=O)[O-])c2)C1. The lowest BCUT2D eigenvalue weighted by Crippen LogP contribution is -2.42. The Kier molecular flexibility index (Phi) is 5.49. The minimum absolute atomic E-state index is 0.183. The summed E-state index contributed by atoms with van der Waals surface area (Å²) in [6, 6.07) is 4.35. The Labute approximate surface area is 155 Å². The highest BCUT2D eigenvalue weighted by molar-refractivity contribution is 5.95. The number of nitrogens with zero attached hydrogens (tertiary/aromatic N) is 4. The second kappa shape index (κ2) is 7.98. The fourth-order valence-electron chi connectivity index (χ4n) is 3.22. The van der Waals surface area contributed by atoms with E-state index < -0.39 is 4.92 Å². The number of piperidine rings is 1. The Balaban J connectivity index is 1.83. The maximum Gasteiger partial charge on any atom is 0.310 e. The summed E-state index contributed by atoms with van der Waals surface area (Å²) in [4.78, 5) is 41.2. The fourth-order valence-corrected chi connectivity index (χ4v) is 3.22. The van der Waals surface area contributed by atoms with Gasteiger partial charge in [-0.1, -0.05) is 0 Å². The summed E-state index contributed by atoms with van der Waals surface area (Å²) in [5, 5.41) is 11.5. The van der Waals surface area contributed by atoms with Gasteiger partial charge in [-0.25, -0.2) is 4.98 Å². The van der Waals surface area contributed by atoms with E-state index in [1.54, 1.807) is 24.1 Å². The average molecular weight is 372 g/mol. The normalized spacial score (nSPS) is 16.8. The first-order valence-electron chi connectivity index (χ1n) is 8.74. The van der Waals surface area contributed by atoms with Crippen LogP contribution in [0.1, 0.15) is 30.1 Å². The number of nitro benzene ring substituents is 1. The number of aromatic nitrogens is 2. The van der Waals surface area contributed by atoms with Gasteiger partial charge in [0.1, 0.15) is 5.69 Å². The molecule has 0 aliphatic carbocycles. The molecule has 1 saturated heterocycles. The van der Waals surface area contributed by atoms with Crippen LogP contribution >= 0.6 is 0 Å². The van der Waals surface area contributed by atoms with Crippen molar-refractivity contribution < 1.29 is 19.2 Å². The zero-order chi connectivity index (χ0) is 19.4. The van der Waals surface area contributed by atoms with E-state index in [2.05, 4.69) is 4.98 Å². The first-order valence-corrected chi connectivity index (χ1v) is 8.74. The van der Waals surface area contributed by atoms with Crippen LogP contribution in [0.3, 0.4) is 0 Å². The van der Waals surface area contributed by atoms with Crippen LogP contribution in [-0.2, 0) is 9.53 Å². The van der Waals surface area contributed by atoms with E-state index in [0.29, 0.717) is 31.7 Å². The first kappa shape index (κ1) is 18.6. The number of esters is 1. The van der Waals surface area contributed by atoms with Gasteiger partial charge < -0.3 is 14.2 Å². The van der Waals surface area contributed by atoms with Crippen LogP contribution in [0, 0.1) is 16.0 Å². The number of hydrogen-bond acceptors (Lipinski definition) is 6. The van der Waals surface area contributed by atoms with Crippen LogP contribution in [0.4, 0.5) is 5.69 Å². The van der Waals surface area contributed by atoms with Gasteiger partial charge in [0.25, 0.3) is 11.6 Å². The van der Waals surface area contributed by atoms with E-state index in [-0.39, 0.29) is 35.6 Å². The van der Waals surface area contributed by atoms with Crippen molar-refractivity contribution in [2.75, 3.05) is 19.7 Å². The summed E-state index contributed by atoms with van der Waals surface area (Å²) in [6.45, 7) is 2.80. The smallest absolute Gasteiger partial charge is 0.310 e. The summed E-state index contributed by atoms with van der Waals surface area (Å²) < 4.78 is 6.57. The number of amides is 1. The zero-order valence-electron chi connectivity index (χ0n) is 14.9. The van der Waals surface area contributed by atoms with Crippen molar-refractivity contribution in [3.05, 3.63) is 52.6 Å². The van der Waals surface area contributed by atoms with Gasteiger partial charge in [0, 0.05) is 37.1 Å². The maximum absolute atomic E-state index is 12.8. The Bertz CT molecular complexity index is 849. The zero-order valence-corrected chi connectivity index (χ0v) is 14.9. The molecule has 1 aliphatic rings. The molecule has 1 atom stereocenters. The van der Waals surface area contributed by atoms with Gasteiger partial charge in [-0.3, -0.25) is 19.7 Å². The largest absolute Gasteiger partial charge is 0.466 e. The Hall–Kier alpha value is -3.23. The van der Waals surface area contributed by atoms with Crippen molar-refractivity contribution in [3.63, 3.8) is 0 Å².